The SMILES string of the molecule is CC(C)(C)OC(=O)/C=C/[C@H](Cc1ccc2ccccc2c1)NC(=O)OC(C)(C)C. The Morgan fingerprint density at radius 2 is 1.55 bits per heavy atom. The molecule has 1 N–H and O–H groups in total. The van der Waals surface area contributed by atoms with Crippen LogP contribution in [-0.4, -0.2) is 29.3 Å². The van der Waals surface area contributed by atoms with Crippen LogP contribution in [0.4, 0.5) is 4.79 Å². The van der Waals surface area contributed by atoms with Crippen LogP contribution in [-0.2, 0) is 20.7 Å². The van der Waals surface area contributed by atoms with E-state index >= 15 is 0 Å². The average molecular weight is 398 g/mol. The van der Waals surface area contributed by atoms with Crippen LogP contribution in [0.25, 0.3) is 10.8 Å². The van der Waals surface area contributed by atoms with E-state index in [1.54, 1.807) is 26.8 Å². The molecule has 0 unspecified atom stereocenters. The van der Waals surface area contributed by atoms with Crippen molar-refractivity contribution in [2.75, 3.05) is 0 Å². The van der Waals surface area contributed by atoms with Gasteiger partial charge in [-0.3, -0.25) is 0 Å². The van der Waals surface area contributed by atoms with Gasteiger partial charge in [0.25, 0.3) is 0 Å². The summed E-state index contributed by atoms with van der Waals surface area (Å²) in [6.07, 6.45) is 2.99. The van der Waals surface area contributed by atoms with Gasteiger partial charge in [-0.1, -0.05) is 48.5 Å². The number of benzene rings is 2. The van der Waals surface area contributed by atoms with Crippen molar-refractivity contribution >= 4 is 22.8 Å². The van der Waals surface area contributed by atoms with Gasteiger partial charge in [0, 0.05) is 6.08 Å². The molecule has 0 radical (unpaired) electrons. The number of hydrogen-bond donors (Lipinski definition) is 1. The van der Waals surface area contributed by atoms with Gasteiger partial charge in [-0.25, -0.2) is 9.59 Å². The van der Waals surface area contributed by atoms with Crippen molar-refractivity contribution in [1.29, 1.82) is 0 Å². The molecule has 156 valence electrons. The van der Waals surface area contributed by atoms with Gasteiger partial charge in [-0.05, 0) is 64.3 Å². The molecule has 5 heteroatoms. The molecule has 29 heavy (non-hydrogen) atoms. The Morgan fingerprint density at radius 1 is 0.931 bits per heavy atom. The summed E-state index contributed by atoms with van der Waals surface area (Å²) in [5.41, 5.74) is -0.140. The second-order valence-electron chi connectivity index (χ2n) is 9.03. The van der Waals surface area contributed by atoms with Gasteiger partial charge in [0.05, 0.1) is 6.04 Å². The van der Waals surface area contributed by atoms with E-state index in [9.17, 15) is 9.59 Å². The highest BCUT2D eigenvalue weighted by molar-refractivity contribution is 5.83. The fourth-order valence-electron chi connectivity index (χ4n) is 2.78. The van der Waals surface area contributed by atoms with Crippen LogP contribution in [0.5, 0.6) is 0 Å². The van der Waals surface area contributed by atoms with Crippen LogP contribution < -0.4 is 5.32 Å². The standard InChI is InChI=1S/C24H31NO4/c1-23(2,3)28-21(26)14-13-20(25-22(27)29-24(4,5)6)16-17-11-12-18-9-7-8-10-19(18)15-17/h7-15,20H,16H2,1-6H3,(H,25,27)/b14-13+/t20-/m1/s1. The van der Waals surface area contributed by atoms with Gasteiger partial charge < -0.3 is 14.8 Å². The number of carbonyl (C=O) groups excluding carboxylic acids is 2. The molecule has 0 heterocycles. The van der Waals surface area contributed by atoms with Crippen molar-refractivity contribution in [2.45, 2.75) is 65.2 Å². The number of alkyl carbamates (subject to hydrolysis) is 1. The maximum Gasteiger partial charge on any atom is 0.408 e. The molecule has 0 saturated heterocycles. The molecule has 0 aromatic heterocycles. The number of fused-ring (bicyclic) bond motifs is 1. The van der Waals surface area contributed by atoms with Gasteiger partial charge in [-0.2, -0.15) is 0 Å². The lowest BCUT2D eigenvalue weighted by atomic mass is 10.0. The Bertz CT molecular complexity index is 888. The minimum absolute atomic E-state index is 0.418. The third-order valence-electron chi connectivity index (χ3n) is 3.84. The van der Waals surface area contributed by atoms with Crippen molar-refractivity contribution in [3.63, 3.8) is 0 Å². The topological polar surface area (TPSA) is 64.6 Å². The summed E-state index contributed by atoms with van der Waals surface area (Å²) in [6.45, 7) is 10.9. The van der Waals surface area contributed by atoms with Crippen LogP contribution in [0.2, 0.25) is 0 Å². The van der Waals surface area contributed by atoms with E-state index in [0.29, 0.717) is 6.42 Å². The van der Waals surface area contributed by atoms with E-state index in [4.69, 9.17) is 9.47 Å². The minimum atomic E-state index is -0.605. The summed E-state index contributed by atoms with van der Waals surface area (Å²) in [7, 11) is 0. The van der Waals surface area contributed by atoms with Crippen molar-refractivity contribution in [3.8, 4) is 0 Å². The molecule has 0 spiro atoms. The van der Waals surface area contributed by atoms with Gasteiger partial charge in [0.15, 0.2) is 0 Å². The molecule has 5 nitrogen and oxygen atoms in total. The zero-order chi connectivity index (χ0) is 21.7. The molecule has 2 aromatic rings. The normalized spacial score (nSPS) is 13.3. The molecule has 1 amide bonds. The van der Waals surface area contributed by atoms with Crippen molar-refractivity contribution in [1.82, 2.24) is 5.32 Å². The fourth-order valence-corrected chi connectivity index (χ4v) is 2.78. The Labute approximate surface area is 173 Å². The summed E-state index contributed by atoms with van der Waals surface area (Å²) >= 11 is 0. The van der Waals surface area contributed by atoms with E-state index in [2.05, 4.69) is 17.4 Å². The number of esters is 1. The van der Waals surface area contributed by atoms with E-state index in [1.807, 2.05) is 51.1 Å². The van der Waals surface area contributed by atoms with Crippen LogP contribution in [0.3, 0.4) is 0 Å². The first-order chi connectivity index (χ1) is 13.4. The Morgan fingerprint density at radius 3 is 2.17 bits per heavy atom. The van der Waals surface area contributed by atoms with E-state index in [1.165, 1.54) is 6.08 Å². The van der Waals surface area contributed by atoms with Gasteiger partial charge in [0.2, 0.25) is 0 Å². The molecule has 2 aromatic carbocycles. The van der Waals surface area contributed by atoms with E-state index in [-0.39, 0.29) is 0 Å². The highest BCUT2D eigenvalue weighted by atomic mass is 16.6. The maximum absolute atomic E-state index is 12.3. The third-order valence-corrected chi connectivity index (χ3v) is 3.84. The molecule has 0 aliphatic carbocycles. The molecule has 0 aliphatic heterocycles. The molecule has 0 bridgehead atoms. The lowest BCUT2D eigenvalue weighted by molar-refractivity contribution is -0.148. The lowest BCUT2D eigenvalue weighted by Gasteiger charge is -2.23. The number of hydrogen-bond acceptors (Lipinski definition) is 4. The predicted molar refractivity (Wildman–Crippen MR) is 116 cm³/mol. The largest absolute Gasteiger partial charge is 0.457 e. The first kappa shape index (κ1) is 22.5. The first-order valence-electron chi connectivity index (χ1n) is 9.80. The monoisotopic (exact) mass is 397 g/mol. The molecule has 0 fully saturated rings. The Balaban J connectivity index is 2.18. The predicted octanol–water partition coefficient (Wildman–Crippen LogP) is 5.17. The van der Waals surface area contributed by atoms with Gasteiger partial charge in [0.1, 0.15) is 11.2 Å². The van der Waals surface area contributed by atoms with Gasteiger partial charge in [-0.15, -0.1) is 0 Å². The smallest absolute Gasteiger partial charge is 0.408 e. The second-order valence-corrected chi connectivity index (χ2v) is 9.03. The van der Waals surface area contributed by atoms with Crippen LogP contribution in [0.15, 0.2) is 54.6 Å². The first-order valence-corrected chi connectivity index (χ1v) is 9.80. The highest BCUT2D eigenvalue weighted by Crippen LogP contribution is 2.17. The molecule has 2 rings (SSSR count). The molecule has 0 saturated carbocycles. The number of rotatable bonds is 5. The second kappa shape index (κ2) is 9.12. The quantitative estimate of drug-likeness (QED) is 0.558. The minimum Gasteiger partial charge on any atom is -0.457 e. The zero-order valence-corrected chi connectivity index (χ0v) is 18.1. The summed E-state index contributed by atoms with van der Waals surface area (Å²) in [6, 6.07) is 13.8. The molecule has 1 atom stereocenters. The van der Waals surface area contributed by atoms with Crippen LogP contribution in [0.1, 0.15) is 47.1 Å². The Kier molecular flexibility index (Phi) is 7.07. The Hall–Kier alpha value is -2.82. The van der Waals surface area contributed by atoms with Crippen LogP contribution >= 0.6 is 0 Å². The number of ether oxygens (including phenoxy) is 2. The third kappa shape index (κ3) is 8.38. The molecule has 0 aliphatic rings. The number of nitrogens with one attached hydrogen (secondary N) is 1. The average Bonchev–Trinajstić information content (AvgIpc) is 2.56. The molecular weight excluding hydrogens is 366 g/mol. The summed E-state index contributed by atoms with van der Waals surface area (Å²) in [5.74, 6) is -0.452. The van der Waals surface area contributed by atoms with Gasteiger partial charge >= 0.3 is 12.1 Å². The number of carbonyl (C=O) groups is 2. The fraction of sp³-hybridized carbons (Fsp3) is 0.417. The van der Waals surface area contributed by atoms with Crippen molar-refractivity contribution < 1.29 is 19.1 Å². The molecular formula is C24H31NO4. The van der Waals surface area contributed by atoms with Crippen LogP contribution in [0, 0.1) is 0 Å². The number of amides is 1. The summed E-state index contributed by atoms with van der Waals surface area (Å²) in [4.78, 5) is 24.3. The van der Waals surface area contributed by atoms with E-state index in [0.717, 1.165) is 16.3 Å². The summed E-state index contributed by atoms with van der Waals surface area (Å²) in [5, 5.41) is 5.11. The lowest BCUT2D eigenvalue weighted by Crippen LogP contribution is -2.39. The maximum atomic E-state index is 12.3. The summed E-state index contributed by atoms with van der Waals surface area (Å²) < 4.78 is 10.7. The van der Waals surface area contributed by atoms with Crippen molar-refractivity contribution in [3.05, 3.63) is 60.2 Å². The zero-order valence-electron chi connectivity index (χ0n) is 18.1. The van der Waals surface area contributed by atoms with E-state index < -0.39 is 29.3 Å². The highest BCUT2D eigenvalue weighted by Gasteiger charge is 2.20. The van der Waals surface area contributed by atoms with Crippen molar-refractivity contribution in [2.24, 2.45) is 0 Å².